The molecule has 1 saturated carbocycles. The molecule has 0 aliphatic heterocycles. The molecule has 0 spiro atoms. The minimum Gasteiger partial charge on any atom is -0.459 e. The van der Waals surface area contributed by atoms with E-state index in [1.165, 1.54) is 18.2 Å². The van der Waals surface area contributed by atoms with E-state index >= 15 is 0 Å². The predicted octanol–water partition coefficient (Wildman–Crippen LogP) is 0.838. The third-order valence-corrected chi connectivity index (χ3v) is 4.63. The molecule has 0 unspecified atom stereocenters. The monoisotopic (exact) mass is 380 g/mol. The molecule has 0 amide bonds. The molecule has 0 atom stereocenters. The van der Waals surface area contributed by atoms with Crippen molar-refractivity contribution in [3.05, 3.63) is 29.6 Å². The van der Waals surface area contributed by atoms with Crippen LogP contribution in [0.4, 0.5) is 4.39 Å². The number of rotatable bonds is 7. The van der Waals surface area contributed by atoms with Crippen LogP contribution in [0.15, 0.2) is 18.2 Å². The van der Waals surface area contributed by atoms with E-state index in [1.54, 1.807) is 0 Å². The molecule has 150 valence electrons. The van der Waals surface area contributed by atoms with Gasteiger partial charge in [-0.3, -0.25) is 4.79 Å². The molecule has 4 N–H and O–H groups in total. The van der Waals surface area contributed by atoms with Crippen LogP contribution in [0.1, 0.15) is 52.0 Å². The zero-order valence-corrected chi connectivity index (χ0v) is 16.3. The van der Waals surface area contributed by atoms with Crippen molar-refractivity contribution in [2.24, 2.45) is 0 Å². The van der Waals surface area contributed by atoms with Crippen LogP contribution in [0.2, 0.25) is 0 Å². The van der Waals surface area contributed by atoms with Crippen molar-refractivity contribution in [2.75, 3.05) is 6.54 Å². The third kappa shape index (κ3) is 7.58. The van der Waals surface area contributed by atoms with Crippen LogP contribution < -0.4 is 16.1 Å². The highest BCUT2D eigenvalue weighted by atomic mass is 19.1. The Hall–Kier alpha value is -1.48. The van der Waals surface area contributed by atoms with Crippen LogP contribution in [-0.4, -0.2) is 47.4 Å². The highest BCUT2D eigenvalue weighted by Crippen LogP contribution is 2.19. The predicted molar refractivity (Wildman–Crippen MR) is 103 cm³/mol. The Bertz CT molecular complexity index is 629. The maximum atomic E-state index is 13.9. The van der Waals surface area contributed by atoms with Gasteiger partial charge in [0.15, 0.2) is 0 Å². The van der Waals surface area contributed by atoms with Gasteiger partial charge in [0.2, 0.25) is 0 Å². The number of hydrogen-bond acceptors (Lipinski definition) is 6. The molecule has 1 fully saturated rings. The van der Waals surface area contributed by atoms with Crippen molar-refractivity contribution >= 4 is 18.6 Å². The lowest BCUT2D eigenvalue weighted by Gasteiger charge is -2.30. The van der Waals surface area contributed by atoms with E-state index in [1.807, 2.05) is 20.8 Å². The van der Waals surface area contributed by atoms with Gasteiger partial charge in [0, 0.05) is 24.2 Å². The van der Waals surface area contributed by atoms with Crippen LogP contribution in [0.25, 0.3) is 0 Å². The molecule has 2 rings (SSSR count). The second-order valence-electron chi connectivity index (χ2n) is 8.12. The molecular weight excluding hydrogens is 350 g/mol. The molecule has 8 heteroatoms. The number of halogens is 1. The fourth-order valence-corrected chi connectivity index (χ4v) is 3.25. The van der Waals surface area contributed by atoms with Crippen LogP contribution >= 0.6 is 0 Å². The van der Waals surface area contributed by atoms with Crippen LogP contribution in [0.5, 0.6) is 0 Å². The Labute approximate surface area is 160 Å². The van der Waals surface area contributed by atoms with Crippen molar-refractivity contribution in [3.8, 4) is 0 Å². The van der Waals surface area contributed by atoms with E-state index in [2.05, 4.69) is 10.6 Å². The summed E-state index contributed by atoms with van der Waals surface area (Å²) >= 11 is 0. The smallest absolute Gasteiger partial charge is 0.459 e. The summed E-state index contributed by atoms with van der Waals surface area (Å²) in [7, 11) is -1.60. The molecule has 0 heterocycles. The van der Waals surface area contributed by atoms with Gasteiger partial charge in [0.25, 0.3) is 0 Å². The van der Waals surface area contributed by atoms with E-state index in [-0.39, 0.29) is 35.9 Å². The van der Waals surface area contributed by atoms with Gasteiger partial charge in [0.05, 0.1) is 6.54 Å². The molecule has 1 aliphatic carbocycles. The van der Waals surface area contributed by atoms with E-state index < -0.39 is 12.7 Å². The first-order valence-corrected chi connectivity index (χ1v) is 9.47. The maximum Gasteiger partial charge on any atom is 0.488 e. The van der Waals surface area contributed by atoms with E-state index in [0.717, 1.165) is 25.7 Å². The summed E-state index contributed by atoms with van der Waals surface area (Å²) in [6.07, 6.45) is 3.71. The highest BCUT2D eigenvalue weighted by Gasteiger charge is 2.23. The number of nitrogens with one attached hydrogen (secondary N) is 2. The van der Waals surface area contributed by atoms with Gasteiger partial charge in [-0.1, -0.05) is 12.1 Å². The first kappa shape index (κ1) is 21.8. The maximum absolute atomic E-state index is 13.9. The topological polar surface area (TPSA) is 90.8 Å². The van der Waals surface area contributed by atoms with Crippen molar-refractivity contribution in [1.82, 2.24) is 10.6 Å². The van der Waals surface area contributed by atoms with Gasteiger partial charge in [-0.15, -0.1) is 0 Å². The minimum atomic E-state index is -1.60. The van der Waals surface area contributed by atoms with E-state index in [4.69, 9.17) is 4.74 Å². The Morgan fingerprint density at radius 1 is 1.19 bits per heavy atom. The van der Waals surface area contributed by atoms with Gasteiger partial charge < -0.3 is 25.4 Å². The van der Waals surface area contributed by atoms with Gasteiger partial charge in [0.1, 0.15) is 11.4 Å². The fourth-order valence-electron chi connectivity index (χ4n) is 3.25. The normalized spacial score (nSPS) is 20.4. The fraction of sp³-hybridized carbons (Fsp3) is 0.632. The molecule has 0 aromatic heterocycles. The minimum absolute atomic E-state index is 0.210. The van der Waals surface area contributed by atoms with Gasteiger partial charge in [-0.2, -0.15) is 0 Å². The van der Waals surface area contributed by atoms with Crippen molar-refractivity contribution in [2.45, 2.75) is 70.7 Å². The molecule has 1 aliphatic rings. The average molecular weight is 380 g/mol. The van der Waals surface area contributed by atoms with E-state index in [9.17, 15) is 19.2 Å². The second kappa shape index (κ2) is 9.64. The lowest BCUT2D eigenvalue weighted by Crippen LogP contribution is -2.42. The number of esters is 1. The molecule has 1 aromatic rings. The van der Waals surface area contributed by atoms with Crippen molar-refractivity contribution in [3.63, 3.8) is 0 Å². The zero-order chi connectivity index (χ0) is 20.0. The number of carbonyl (C=O) groups excluding carboxylic acids is 1. The summed E-state index contributed by atoms with van der Waals surface area (Å²) in [4.78, 5) is 11.8. The van der Waals surface area contributed by atoms with Crippen LogP contribution in [0, 0.1) is 5.82 Å². The molecular formula is C19H30BFN2O4. The molecule has 0 saturated heterocycles. The highest BCUT2D eigenvalue weighted by molar-refractivity contribution is 6.58. The van der Waals surface area contributed by atoms with Crippen LogP contribution in [-0.2, 0) is 16.1 Å². The SMILES string of the molecule is CC(C)(C)OC(=O)CNC1CCC(NCc2cc(B(O)O)ccc2F)CC1. The van der Waals surface area contributed by atoms with Crippen LogP contribution in [0.3, 0.4) is 0 Å². The standard InChI is InChI=1S/C19H30BFN2O4/c1-19(2,3)27-18(24)12-23-16-7-5-15(6-8-16)22-11-13-10-14(20(25)26)4-9-17(13)21/h4,9-10,15-16,22-23,25-26H,5-8,11-12H2,1-3H3. The first-order valence-electron chi connectivity index (χ1n) is 9.47. The summed E-state index contributed by atoms with van der Waals surface area (Å²) in [5, 5.41) is 25.0. The number of hydrogen-bond donors (Lipinski definition) is 4. The van der Waals surface area contributed by atoms with Crippen molar-refractivity contribution < 1.29 is 24.0 Å². The quantitative estimate of drug-likeness (QED) is 0.414. The Balaban J connectivity index is 1.72. The summed E-state index contributed by atoms with van der Waals surface area (Å²) in [5.41, 5.74) is 0.230. The molecule has 6 nitrogen and oxygen atoms in total. The summed E-state index contributed by atoms with van der Waals surface area (Å²) < 4.78 is 19.2. The number of ether oxygens (including phenoxy) is 1. The Kier molecular flexibility index (Phi) is 7.79. The van der Waals surface area contributed by atoms with Gasteiger partial charge in [-0.05, 0) is 58.0 Å². The van der Waals surface area contributed by atoms with Gasteiger partial charge in [-0.25, -0.2) is 4.39 Å². The largest absolute Gasteiger partial charge is 0.488 e. The lowest BCUT2D eigenvalue weighted by atomic mass is 9.79. The summed E-state index contributed by atoms with van der Waals surface area (Å²) in [6.45, 7) is 6.10. The molecule has 0 radical (unpaired) electrons. The van der Waals surface area contributed by atoms with E-state index in [0.29, 0.717) is 12.1 Å². The summed E-state index contributed by atoms with van der Waals surface area (Å²) in [6, 6.07) is 4.64. The first-order chi connectivity index (χ1) is 12.6. The average Bonchev–Trinajstić information content (AvgIpc) is 2.58. The second-order valence-corrected chi connectivity index (χ2v) is 8.12. The lowest BCUT2D eigenvalue weighted by molar-refractivity contribution is -0.153. The van der Waals surface area contributed by atoms with Gasteiger partial charge >= 0.3 is 13.1 Å². The molecule has 27 heavy (non-hydrogen) atoms. The number of carbonyl (C=O) groups is 1. The summed E-state index contributed by atoms with van der Waals surface area (Å²) in [5.74, 6) is -0.608. The third-order valence-electron chi connectivity index (χ3n) is 4.63. The number of benzene rings is 1. The molecule has 1 aromatic carbocycles. The van der Waals surface area contributed by atoms with Crippen molar-refractivity contribution in [1.29, 1.82) is 0 Å². The molecule has 0 bridgehead atoms. The Morgan fingerprint density at radius 2 is 1.78 bits per heavy atom. The zero-order valence-electron chi connectivity index (χ0n) is 16.3. The Morgan fingerprint density at radius 3 is 2.33 bits per heavy atom.